The van der Waals surface area contributed by atoms with E-state index in [1.165, 1.54) is 0 Å². The first-order valence-corrected chi connectivity index (χ1v) is 7.87. The summed E-state index contributed by atoms with van der Waals surface area (Å²) in [7, 11) is -3.23. The molecule has 1 atom stereocenters. The summed E-state index contributed by atoms with van der Waals surface area (Å²) in [6.45, 7) is 0.604. The molecule has 94 valence electrons. The van der Waals surface area contributed by atoms with Crippen molar-refractivity contribution in [2.24, 2.45) is 0 Å². The number of sulfonamides is 1. The molecular weight excluding hydrogens is 258 g/mol. The predicted octanol–water partition coefficient (Wildman–Crippen LogP) is 2.22. The van der Waals surface area contributed by atoms with E-state index in [4.69, 9.17) is 11.6 Å². The van der Waals surface area contributed by atoms with Gasteiger partial charge in [0.05, 0.1) is 5.75 Å². The number of halogens is 1. The Morgan fingerprint density at radius 3 is 2.65 bits per heavy atom. The molecule has 1 aliphatic rings. The molecule has 0 aliphatic carbocycles. The molecule has 0 radical (unpaired) electrons. The van der Waals surface area contributed by atoms with Crippen molar-refractivity contribution in [3.8, 4) is 0 Å². The van der Waals surface area contributed by atoms with Crippen molar-refractivity contribution in [1.29, 1.82) is 0 Å². The minimum atomic E-state index is -3.23. The smallest absolute Gasteiger partial charge is 0.212 e. The molecule has 0 spiro atoms. The summed E-state index contributed by atoms with van der Waals surface area (Å²) in [6.07, 6.45) is 1.78. The lowest BCUT2D eigenvalue weighted by Crippen LogP contribution is -2.37. The molecule has 1 unspecified atom stereocenters. The average molecular weight is 274 g/mol. The molecule has 0 aromatic heterocycles. The molecule has 1 aromatic rings. The Labute approximate surface area is 107 Å². The molecule has 1 saturated heterocycles. The maximum Gasteiger partial charge on any atom is 0.218 e. The summed E-state index contributed by atoms with van der Waals surface area (Å²) in [4.78, 5) is 0. The van der Waals surface area contributed by atoms with Crippen LogP contribution in [0.5, 0.6) is 0 Å². The maximum atomic E-state index is 12.2. The molecule has 0 amide bonds. The van der Waals surface area contributed by atoms with Gasteiger partial charge < -0.3 is 0 Å². The summed E-state index contributed by atoms with van der Waals surface area (Å²) in [5.74, 6) is 0.454. The Morgan fingerprint density at radius 2 is 2.00 bits per heavy atom. The van der Waals surface area contributed by atoms with E-state index in [1.807, 2.05) is 30.3 Å². The fraction of sp³-hybridized carbons (Fsp3) is 0.500. The summed E-state index contributed by atoms with van der Waals surface area (Å²) >= 11 is 5.81. The van der Waals surface area contributed by atoms with Crippen molar-refractivity contribution in [1.82, 2.24) is 4.31 Å². The molecule has 2 rings (SSSR count). The largest absolute Gasteiger partial charge is 0.218 e. The van der Waals surface area contributed by atoms with Crippen LogP contribution in [0, 0.1) is 0 Å². The van der Waals surface area contributed by atoms with Crippen LogP contribution in [0.25, 0.3) is 0 Å². The Bertz CT molecular complexity index is 461. The van der Waals surface area contributed by atoms with Gasteiger partial charge in [-0.25, -0.2) is 8.42 Å². The van der Waals surface area contributed by atoms with E-state index in [-0.39, 0.29) is 11.8 Å². The van der Waals surface area contributed by atoms with Crippen LogP contribution in [0.1, 0.15) is 18.4 Å². The van der Waals surface area contributed by atoms with Gasteiger partial charge in [0.15, 0.2) is 0 Å². The van der Waals surface area contributed by atoms with Gasteiger partial charge in [0.2, 0.25) is 10.0 Å². The summed E-state index contributed by atoms with van der Waals surface area (Å²) in [5, 5.41) is 0. The molecule has 17 heavy (non-hydrogen) atoms. The topological polar surface area (TPSA) is 37.4 Å². The minimum absolute atomic E-state index is 0.0228. The van der Waals surface area contributed by atoms with Crippen LogP contribution >= 0.6 is 11.6 Å². The predicted molar refractivity (Wildman–Crippen MR) is 69.5 cm³/mol. The molecule has 0 bridgehead atoms. The molecule has 0 N–H and O–H groups in total. The number of hydrogen-bond donors (Lipinski definition) is 0. The highest BCUT2D eigenvalue weighted by Crippen LogP contribution is 2.24. The molecule has 1 aliphatic heterocycles. The SMILES string of the molecule is O=S(=O)(Cc1ccccc1)N1CCCC1CCl. The first-order valence-electron chi connectivity index (χ1n) is 5.73. The molecule has 3 nitrogen and oxygen atoms in total. The molecular formula is C12H16ClNO2S. The second-order valence-corrected chi connectivity index (χ2v) is 6.53. The van der Waals surface area contributed by atoms with Gasteiger partial charge in [0, 0.05) is 18.5 Å². The van der Waals surface area contributed by atoms with E-state index >= 15 is 0 Å². The third-order valence-corrected chi connectivity index (χ3v) is 5.30. The second-order valence-electron chi connectivity index (χ2n) is 4.30. The van der Waals surface area contributed by atoms with Gasteiger partial charge in [-0.1, -0.05) is 30.3 Å². The minimum Gasteiger partial charge on any atom is -0.212 e. The Hall–Kier alpha value is -0.580. The van der Waals surface area contributed by atoms with Crippen LogP contribution in [-0.2, 0) is 15.8 Å². The molecule has 1 fully saturated rings. The van der Waals surface area contributed by atoms with E-state index < -0.39 is 10.0 Å². The van der Waals surface area contributed by atoms with Crippen LogP contribution in [-0.4, -0.2) is 31.2 Å². The van der Waals surface area contributed by atoms with Gasteiger partial charge in [0.25, 0.3) is 0 Å². The van der Waals surface area contributed by atoms with E-state index in [2.05, 4.69) is 0 Å². The lowest BCUT2D eigenvalue weighted by atomic mass is 10.2. The number of hydrogen-bond acceptors (Lipinski definition) is 2. The zero-order valence-electron chi connectivity index (χ0n) is 9.55. The maximum absolute atomic E-state index is 12.2. The first-order chi connectivity index (χ1) is 8.13. The van der Waals surface area contributed by atoms with Crippen molar-refractivity contribution in [3.05, 3.63) is 35.9 Å². The third kappa shape index (κ3) is 3.00. The normalized spacial score (nSPS) is 21.8. The van der Waals surface area contributed by atoms with Crippen LogP contribution in [0.2, 0.25) is 0 Å². The van der Waals surface area contributed by atoms with E-state index in [0.717, 1.165) is 18.4 Å². The number of rotatable bonds is 4. The summed E-state index contributed by atoms with van der Waals surface area (Å²) < 4.78 is 26.0. The van der Waals surface area contributed by atoms with Gasteiger partial charge in [-0.2, -0.15) is 4.31 Å². The highest BCUT2D eigenvalue weighted by Gasteiger charge is 2.33. The van der Waals surface area contributed by atoms with E-state index in [0.29, 0.717) is 12.4 Å². The van der Waals surface area contributed by atoms with Crippen molar-refractivity contribution in [2.75, 3.05) is 12.4 Å². The van der Waals surface area contributed by atoms with Gasteiger partial charge in [-0.3, -0.25) is 0 Å². The van der Waals surface area contributed by atoms with Crippen molar-refractivity contribution in [2.45, 2.75) is 24.6 Å². The van der Waals surface area contributed by atoms with Crippen LogP contribution in [0.3, 0.4) is 0 Å². The first kappa shape index (κ1) is 12.9. The summed E-state index contributed by atoms with van der Waals surface area (Å²) in [5.41, 5.74) is 0.827. The van der Waals surface area contributed by atoms with Gasteiger partial charge in [0.1, 0.15) is 0 Å². The van der Waals surface area contributed by atoms with Gasteiger partial charge in [-0.05, 0) is 18.4 Å². The monoisotopic (exact) mass is 273 g/mol. The van der Waals surface area contributed by atoms with E-state index in [1.54, 1.807) is 4.31 Å². The number of benzene rings is 1. The highest BCUT2D eigenvalue weighted by molar-refractivity contribution is 7.88. The van der Waals surface area contributed by atoms with Crippen molar-refractivity contribution in [3.63, 3.8) is 0 Å². The van der Waals surface area contributed by atoms with E-state index in [9.17, 15) is 8.42 Å². The Morgan fingerprint density at radius 1 is 1.29 bits per heavy atom. The van der Waals surface area contributed by atoms with Gasteiger partial charge in [-0.15, -0.1) is 11.6 Å². The standard InChI is InChI=1S/C12H16ClNO2S/c13-9-12-7-4-8-14(12)17(15,16)10-11-5-2-1-3-6-11/h1-3,5-6,12H,4,7-10H2. The van der Waals surface area contributed by atoms with Gasteiger partial charge >= 0.3 is 0 Å². The Balaban J connectivity index is 2.14. The zero-order chi connectivity index (χ0) is 12.3. The van der Waals surface area contributed by atoms with Crippen LogP contribution in [0.15, 0.2) is 30.3 Å². The number of nitrogens with zero attached hydrogens (tertiary/aromatic N) is 1. The number of alkyl halides is 1. The van der Waals surface area contributed by atoms with Crippen molar-refractivity contribution < 1.29 is 8.42 Å². The fourth-order valence-corrected chi connectivity index (χ4v) is 4.42. The molecule has 1 aromatic carbocycles. The fourth-order valence-electron chi connectivity index (χ4n) is 2.20. The summed E-state index contributed by atoms with van der Waals surface area (Å²) in [6, 6.07) is 9.24. The molecule has 5 heteroatoms. The quantitative estimate of drug-likeness (QED) is 0.789. The average Bonchev–Trinajstić information content (AvgIpc) is 2.78. The molecule has 1 heterocycles. The highest BCUT2D eigenvalue weighted by atomic mass is 35.5. The lowest BCUT2D eigenvalue weighted by Gasteiger charge is -2.22. The molecule has 0 saturated carbocycles. The van der Waals surface area contributed by atoms with Crippen molar-refractivity contribution >= 4 is 21.6 Å². The Kier molecular flexibility index (Phi) is 4.07. The van der Waals surface area contributed by atoms with Crippen LogP contribution in [0.4, 0.5) is 0 Å². The van der Waals surface area contributed by atoms with Crippen LogP contribution < -0.4 is 0 Å². The lowest BCUT2D eigenvalue weighted by molar-refractivity contribution is 0.410. The second kappa shape index (κ2) is 5.38. The zero-order valence-corrected chi connectivity index (χ0v) is 11.1. The third-order valence-electron chi connectivity index (χ3n) is 3.05.